The lowest BCUT2D eigenvalue weighted by atomic mass is 10.1. The van der Waals surface area contributed by atoms with E-state index >= 15 is 0 Å². The Hall–Kier alpha value is -0.980. The summed E-state index contributed by atoms with van der Waals surface area (Å²) in [6, 6.07) is 9.45. The molecule has 1 aromatic carbocycles. The van der Waals surface area contributed by atoms with Gasteiger partial charge in [0.05, 0.1) is 13.2 Å². The van der Waals surface area contributed by atoms with Crippen molar-refractivity contribution in [2.75, 3.05) is 6.61 Å². The largest absolute Gasteiger partial charge is 0.394 e. The highest BCUT2D eigenvalue weighted by Gasteiger charge is 2.42. The first-order chi connectivity index (χ1) is 8.22. The molecular weight excluding hydrogens is 224 g/mol. The molecule has 1 saturated heterocycles. The normalized spacial score (nSPS) is 32.9. The molecule has 0 saturated carbocycles. The van der Waals surface area contributed by atoms with Crippen molar-refractivity contribution in [3.63, 3.8) is 0 Å². The maximum atomic E-state index is 9.63. The highest BCUT2D eigenvalue weighted by molar-refractivity contribution is 5.13. The molecular formula is C12H16O5. The summed E-state index contributed by atoms with van der Waals surface area (Å²) in [5.74, 6) is 0. The van der Waals surface area contributed by atoms with E-state index in [0.717, 1.165) is 5.56 Å². The molecule has 0 aromatic heterocycles. The molecule has 4 atom stereocenters. The van der Waals surface area contributed by atoms with Gasteiger partial charge in [0.15, 0.2) is 6.29 Å². The zero-order valence-electron chi connectivity index (χ0n) is 9.27. The van der Waals surface area contributed by atoms with Gasteiger partial charge in [0, 0.05) is 0 Å². The van der Waals surface area contributed by atoms with Crippen molar-refractivity contribution in [3.8, 4) is 0 Å². The number of benzene rings is 1. The fourth-order valence-electron chi connectivity index (χ4n) is 1.76. The van der Waals surface area contributed by atoms with Crippen LogP contribution in [0.25, 0.3) is 0 Å². The summed E-state index contributed by atoms with van der Waals surface area (Å²) in [5, 5.41) is 28.0. The number of aliphatic hydroxyl groups is 3. The summed E-state index contributed by atoms with van der Waals surface area (Å²) in [4.78, 5) is 0. The smallest absolute Gasteiger partial charge is 0.187 e. The van der Waals surface area contributed by atoms with Gasteiger partial charge in [-0.1, -0.05) is 30.3 Å². The molecule has 1 aliphatic heterocycles. The number of hydrogen-bond acceptors (Lipinski definition) is 5. The summed E-state index contributed by atoms with van der Waals surface area (Å²) in [6.07, 6.45) is -3.93. The van der Waals surface area contributed by atoms with Crippen LogP contribution in [0.1, 0.15) is 5.56 Å². The molecule has 0 radical (unpaired) electrons. The zero-order valence-corrected chi connectivity index (χ0v) is 9.27. The third kappa shape index (κ3) is 2.83. The molecule has 3 N–H and O–H groups in total. The second-order valence-electron chi connectivity index (χ2n) is 4.00. The Morgan fingerprint density at radius 2 is 1.82 bits per heavy atom. The first-order valence-electron chi connectivity index (χ1n) is 5.50. The molecule has 1 fully saturated rings. The Morgan fingerprint density at radius 1 is 1.12 bits per heavy atom. The number of ether oxygens (including phenoxy) is 2. The molecule has 17 heavy (non-hydrogen) atoms. The summed E-state index contributed by atoms with van der Waals surface area (Å²) in [7, 11) is 0. The lowest BCUT2D eigenvalue weighted by Crippen LogP contribution is -2.34. The minimum absolute atomic E-state index is 0.285. The van der Waals surface area contributed by atoms with E-state index in [2.05, 4.69) is 0 Å². The van der Waals surface area contributed by atoms with Crippen LogP contribution in [0, 0.1) is 0 Å². The third-order valence-corrected chi connectivity index (χ3v) is 2.76. The third-order valence-electron chi connectivity index (χ3n) is 2.76. The first kappa shape index (κ1) is 12.5. The highest BCUT2D eigenvalue weighted by atomic mass is 16.7. The first-order valence-corrected chi connectivity index (χ1v) is 5.50. The molecule has 94 valence electrons. The van der Waals surface area contributed by atoms with Gasteiger partial charge < -0.3 is 24.8 Å². The van der Waals surface area contributed by atoms with Gasteiger partial charge >= 0.3 is 0 Å². The molecule has 0 spiro atoms. The number of aliphatic hydroxyl groups excluding tert-OH is 3. The minimum atomic E-state index is -1.13. The van der Waals surface area contributed by atoms with E-state index in [1.807, 2.05) is 30.3 Å². The van der Waals surface area contributed by atoms with Gasteiger partial charge in [-0.05, 0) is 5.56 Å². The Kier molecular flexibility index (Phi) is 4.09. The maximum absolute atomic E-state index is 9.63. The lowest BCUT2D eigenvalue weighted by molar-refractivity contribution is -0.175. The van der Waals surface area contributed by atoms with E-state index in [0.29, 0.717) is 0 Å². The van der Waals surface area contributed by atoms with Crippen molar-refractivity contribution in [1.29, 1.82) is 0 Å². The van der Waals surface area contributed by atoms with Crippen LogP contribution in [0.15, 0.2) is 30.3 Å². The number of rotatable bonds is 4. The Bertz CT molecular complexity index is 342. The standard InChI is InChI=1S/C12H16O5/c13-6-9-10(14)11(15)12(17-9)16-7-8-4-2-1-3-5-8/h1-5,9-15H,6-7H2/t9-,10-,11+,12+/m0/s1. The van der Waals surface area contributed by atoms with Crippen molar-refractivity contribution in [2.45, 2.75) is 31.2 Å². The fourth-order valence-corrected chi connectivity index (χ4v) is 1.76. The summed E-state index contributed by atoms with van der Waals surface area (Å²) in [6.45, 7) is -0.0587. The topological polar surface area (TPSA) is 79.2 Å². The van der Waals surface area contributed by atoms with Crippen LogP contribution < -0.4 is 0 Å². The van der Waals surface area contributed by atoms with Gasteiger partial charge in [0.1, 0.15) is 18.3 Å². The lowest BCUT2D eigenvalue weighted by Gasteiger charge is -2.15. The van der Waals surface area contributed by atoms with Crippen LogP contribution in [0.3, 0.4) is 0 Å². The van der Waals surface area contributed by atoms with Gasteiger partial charge in [-0.25, -0.2) is 0 Å². The number of hydrogen-bond donors (Lipinski definition) is 3. The average molecular weight is 240 g/mol. The van der Waals surface area contributed by atoms with Crippen LogP contribution in [0.2, 0.25) is 0 Å². The molecule has 0 amide bonds. The van der Waals surface area contributed by atoms with Crippen LogP contribution in [-0.2, 0) is 16.1 Å². The molecule has 5 nitrogen and oxygen atoms in total. The summed E-state index contributed by atoms with van der Waals surface area (Å²) >= 11 is 0. The molecule has 5 heteroatoms. The van der Waals surface area contributed by atoms with Crippen molar-refractivity contribution in [1.82, 2.24) is 0 Å². The van der Waals surface area contributed by atoms with Gasteiger partial charge in [-0.3, -0.25) is 0 Å². The quantitative estimate of drug-likeness (QED) is 0.670. The van der Waals surface area contributed by atoms with Gasteiger partial charge in [-0.15, -0.1) is 0 Å². The van der Waals surface area contributed by atoms with Crippen molar-refractivity contribution < 1.29 is 24.8 Å². The Balaban J connectivity index is 1.88. The molecule has 0 unspecified atom stereocenters. The molecule has 0 aliphatic carbocycles. The molecule has 0 bridgehead atoms. The summed E-state index contributed by atoms with van der Waals surface area (Å²) < 4.78 is 10.5. The van der Waals surface area contributed by atoms with Crippen molar-refractivity contribution in [2.24, 2.45) is 0 Å². The van der Waals surface area contributed by atoms with Gasteiger partial charge in [-0.2, -0.15) is 0 Å². The van der Waals surface area contributed by atoms with Crippen LogP contribution in [0.4, 0.5) is 0 Å². The van der Waals surface area contributed by atoms with E-state index < -0.39 is 24.6 Å². The highest BCUT2D eigenvalue weighted by Crippen LogP contribution is 2.22. The maximum Gasteiger partial charge on any atom is 0.187 e. The average Bonchev–Trinajstić information content (AvgIpc) is 2.65. The predicted octanol–water partition coefficient (Wildman–Crippen LogP) is -0.358. The fraction of sp³-hybridized carbons (Fsp3) is 0.500. The van der Waals surface area contributed by atoms with Gasteiger partial charge in [0.25, 0.3) is 0 Å². The van der Waals surface area contributed by atoms with E-state index in [-0.39, 0.29) is 13.2 Å². The molecule has 1 aromatic rings. The summed E-state index contributed by atoms with van der Waals surface area (Å²) in [5.41, 5.74) is 0.949. The van der Waals surface area contributed by atoms with Crippen LogP contribution in [0.5, 0.6) is 0 Å². The van der Waals surface area contributed by atoms with Crippen molar-refractivity contribution >= 4 is 0 Å². The molecule has 2 rings (SSSR count). The van der Waals surface area contributed by atoms with E-state index in [1.165, 1.54) is 0 Å². The van der Waals surface area contributed by atoms with Crippen molar-refractivity contribution in [3.05, 3.63) is 35.9 Å². The second kappa shape index (κ2) is 5.57. The molecule has 1 heterocycles. The Labute approximate surface area is 99.2 Å². The van der Waals surface area contributed by atoms with E-state index in [4.69, 9.17) is 14.6 Å². The van der Waals surface area contributed by atoms with Crippen LogP contribution >= 0.6 is 0 Å². The SMILES string of the molecule is OC[C@@H]1O[C@@H](OCc2ccccc2)[C@H](O)[C@H]1O. The minimum Gasteiger partial charge on any atom is -0.394 e. The van der Waals surface area contributed by atoms with E-state index in [1.54, 1.807) is 0 Å². The molecule has 1 aliphatic rings. The predicted molar refractivity (Wildman–Crippen MR) is 59.0 cm³/mol. The van der Waals surface area contributed by atoms with E-state index in [9.17, 15) is 10.2 Å². The van der Waals surface area contributed by atoms with Gasteiger partial charge in [0.2, 0.25) is 0 Å². The zero-order chi connectivity index (χ0) is 12.3. The monoisotopic (exact) mass is 240 g/mol. The van der Waals surface area contributed by atoms with Crippen LogP contribution in [-0.4, -0.2) is 46.5 Å². The second-order valence-corrected chi connectivity index (χ2v) is 4.00. The Morgan fingerprint density at radius 3 is 2.41 bits per heavy atom.